The Bertz CT molecular complexity index is 1420. The molecule has 0 bridgehead atoms. The van der Waals surface area contributed by atoms with Gasteiger partial charge in [0.1, 0.15) is 5.82 Å². The molecular weight excluding hydrogens is 462 g/mol. The van der Waals surface area contributed by atoms with E-state index in [9.17, 15) is 9.59 Å². The summed E-state index contributed by atoms with van der Waals surface area (Å²) in [5.41, 5.74) is 5.88. The van der Waals surface area contributed by atoms with Gasteiger partial charge in [0.05, 0.1) is 12.1 Å². The van der Waals surface area contributed by atoms with Crippen LogP contribution in [0.15, 0.2) is 77.6 Å². The lowest BCUT2D eigenvalue weighted by Crippen LogP contribution is -2.25. The van der Waals surface area contributed by atoms with Crippen LogP contribution in [0, 0.1) is 0 Å². The van der Waals surface area contributed by atoms with Crippen molar-refractivity contribution in [1.82, 2.24) is 14.3 Å². The van der Waals surface area contributed by atoms with Crippen LogP contribution in [-0.4, -0.2) is 25.4 Å². The van der Waals surface area contributed by atoms with Crippen LogP contribution < -0.4 is 5.69 Å². The van der Waals surface area contributed by atoms with E-state index in [1.165, 1.54) is 11.1 Å². The van der Waals surface area contributed by atoms with Crippen LogP contribution >= 0.6 is 0 Å². The predicted molar refractivity (Wildman–Crippen MR) is 147 cm³/mol. The Hall–Kier alpha value is -3.93. The first kappa shape index (κ1) is 26.1. The maximum atomic E-state index is 13.0. The third kappa shape index (κ3) is 6.26. The van der Waals surface area contributed by atoms with Gasteiger partial charge in [-0.15, -0.1) is 0 Å². The van der Waals surface area contributed by atoms with Gasteiger partial charge in [-0.3, -0.25) is 4.57 Å². The number of rotatable bonds is 9. The minimum absolute atomic E-state index is 0.0656. The highest BCUT2D eigenvalue weighted by Gasteiger charge is 2.15. The van der Waals surface area contributed by atoms with Crippen LogP contribution in [0.1, 0.15) is 67.0 Å². The van der Waals surface area contributed by atoms with Crippen LogP contribution in [0.25, 0.3) is 11.1 Å². The molecule has 6 heteroatoms. The minimum Gasteiger partial charge on any atom is -0.478 e. The van der Waals surface area contributed by atoms with Crippen molar-refractivity contribution in [3.63, 3.8) is 0 Å². The van der Waals surface area contributed by atoms with Gasteiger partial charge >= 0.3 is 11.7 Å². The lowest BCUT2D eigenvalue weighted by Gasteiger charge is -2.19. The maximum absolute atomic E-state index is 13.0. The number of aryl methyl sites for hydroxylation is 2. The van der Waals surface area contributed by atoms with Gasteiger partial charge in [0, 0.05) is 13.0 Å². The van der Waals surface area contributed by atoms with Crippen molar-refractivity contribution in [2.24, 2.45) is 0 Å². The number of carboxylic acids is 1. The number of nitrogens with zero attached hydrogens (tertiary/aromatic N) is 3. The molecule has 6 nitrogen and oxygen atoms in total. The molecule has 0 radical (unpaired) electrons. The fraction of sp³-hybridized carbons (Fsp3) is 0.323. The average molecular weight is 498 g/mol. The first-order valence-electron chi connectivity index (χ1n) is 12.8. The van der Waals surface area contributed by atoms with Crippen molar-refractivity contribution >= 4 is 5.97 Å². The van der Waals surface area contributed by atoms with Crippen LogP contribution in [0.5, 0.6) is 0 Å². The molecule has 0 aliphatic heterocycles. The number of carboxylic acid groups (broad SMARTS) is 1. The molecule has 0 fully saturated rings. The smallest absolute Gasteiger partial charge is 0.346 e. The van der Waals surface area contributed by atoms with Gasteiger partial charge < -0.3 is 5.11 Å². The molecule has 0 saturated heterocycles. The van der Waals surface area contributed by atoms with Crippen LogP contribution in [-0.2, 0) is 31.3 Å². The summed E-state index contributed by atoms with van der Waals surface area (Å²) in [6.45, 7) is 9.61. The molecule has 1 N–H and O–H groups in total. The lowest BCUT2D eigenvalue weighted by molar-refractivity contribution is 0.0697. The van der Waals surface area contributed by atoms with Crippen LogP contribution in [0.2, 0.25) is 0 Å². The molecule has 0 aliphatic rings. The molecule has 0 saturated carbocycles. The van der Waals surface area contributed by atoms with Crippen molar-refractivity contribution in [2.75, 3.05) is 0 Å². The van der Waals surface area contributed by atoms with Crippen molar-refractivity contribution < 1.29 is 9.90 Å². The monoisotopic (exact) mass is 497 g/mol. The second-order valence-electron chi connectivity index (χ2n) is 10.5. The molecule has 3 aromatic carbocycles. The van der Waals surface area contributed by atoms with Gasteiger partial charge in [0.25, 0.3) is 0 Å². The van der Waals surface area contributed by atoms with Gasteiger partial charge in [0.15, 0.2) is 0 Å². The summed E-state index contributed by atoms with van der Waals surface area (Å²) in [5.74, 6) is -0.106. The van der Waals surface area contributed by atoms with E-state index in [4.69, 9.17) is 5.11 Å². The molecule has 0 aliphatic carbocycles. The molecule has 0 atom stereocenters. The van der Waals surface area contributed by atoms with Crippen molar-refractivity contribution in [1.29, 1.82) is 0 Å². The lowest BCUT2D eigenvalue weighted by atomic mass is 9.87. The quantitative estimate of drug-likeness (QED) is 0.310. The summed E-state index contributed by atoms with van der Waals surface area (Å²) >= 11 is 0. The average Bonchev–Trinajstić information content (AvgIpc) is 3.17. The molecule has 4 aromatic rings. The number of aromatic carboxylic acids is 1. The Morgan fingerprint density at radius 3 is 2.22 bits per heavy atom. The molecule has 4 rings (SSSR count). The van der Waals surface area contributed by atoms with E-state index in [0.29, 0.717) is 13.1 Å². The van der Waals surface area contributed by atoms with E-state index in [0.717, 1.165) is 41.8 Å². The Morgan fingerprint density at radius 1 is 0.892 bits per heavy atom. The summed E-state index contributed by atoms with van der Waals surface area (Å²) in [6.07, 6.45) is 2.45. The fourth-order valence-corrected chi connectivity index (χ4v) is 4.54. The molecule has 1 aromatic heterocycles. The SMILES string of the molecule is CCn1c(CCCc2cccc(-c3ccc(C(=O)O)cc3)c2)nn(Cc2ccc(C(C)(C)C)cc2)c1=O. The summed E-state index contributed by atoms with van der Waals surface area (Å²) in [6, 6.07) is 23.7. The minimum atomic E-state index is -0.924. The summed E-state index contributed by atoms with van der Waals surface area (Å²) < 4.78 is 3.34. The van der Waals surface area contributed by atoms with Gasteiger partial charge in [0.2, 0.25) is 0 Å². The molecule has 0 spiro atoms. The fourth-order valence-electron chi connectivity index (χ4n) is 4.54. The molecule has 1 heterocycles. The Labute approximate surface area is 218 Å². The molecule has 0 amide bonds. The highest BCUT2D eigenvalue weighted by Crippen LogP contribution is 2.23. The zero-order chi connectivity index (χ0) is 26.6. The normalized spacial score (nSPS) is 11.6. The summed E-state index contributed by atoms with van der Waals surface area (Å²) in [7, 11) is 0. The van der Waals surface area contributed by atoms with Gasteiger partial charge in [-0.2, -0.15) is 5.10 Å². The molecule has 192 valence electrons. The largest absolute Gasteiger partial charge is 0.478 e. The summed E-state index contributed by atoms with van der Waals surface area (Å²) in [5, 5.41) is 13.8. The number of hydrogen-bond donors (Lipinski definition) is 1. The highest BCUT2D eigenvalue weighted by molar-refractivity contribution is 5.88. The van der Waals surface area contributed by atoms with Crippen LogP contribution in [0.3, 0.4) is 0 Å². The Balaban J connectivity index is 1.42. The van der Waals surface area contributed by atoms with E-state index in [2.05, 4.69) is 62.3 Å². The van der Waals surface area contributed by atoms with E-state index in [1.807, 2.05) is 31.2 Å². The maximum Gasteiger partial charge on any atom is 0.346 e. The first-order valence-corrected chi connectivity index (χ1v) is 12.8. The predicted octanol–water partition coefficient (Wildman–Crippen LogP) is 5.95. The zero-order valence-electron chi connectivity index (χ0n) is 22.1. The zero-order valence-corrected chi connectivity index (χ0v) is 22.1. The van der Waals surface area contributed by atoms with Crippen LogP contribution in [0.4, 0.5) is 0 Å². The van der Waals surface area contributed by atoms with E-state index in [1.54, 1.807) is 21.4 Å². The molecule has 0 unspecified atom stereocenters. The first-order chi connectivity index (χ1) is 17.7. The third-order valence-electron chi connectivity index (χ3n) is 6.73. The number of aromatic nitrogens is 3. The number of benzene rings is 3. The second-order valence-corrected chi connectivity index (χ2v) is 10.5. The standard InChI is InChI=1S/C31H35N3O3/c1-5-33-28(32-34(30(33)37)21-23-12-18-27(19-13-23)31(2,3)4)11-7-9-22-8-6-10-26(20-22)24-14-16-25(17-15-24)29(35)36/h6,8,10,12-20H,5,7,9,11,21H2,1-4H3,(H,35,36). The van der Waals surface area contributed by atoms with E-state index < -0.39 is 5.97 Å². The number of hydrogen-bond acceptors (Lipinski definition) is 3. The second kappa shape index (κ2) is 11.0. The Kier molecular flexibility index (Phi) is 7.77. The molecule has 37 heavy (non-hydrogen) atoms. The third-order valence-corrected chi connectivity index (χ3v) is 6.73. The molecular formula is C31H35N3O3. The topological polar surface area (TPSA) is 77.1 Å². The van der Waals surface area contributed by atoms with Gasteiger partial charge in [-0.1, -0.05) is 81.4 Å². The van der Waals surface area contributed by atoms with Gasteiger partial charge in [-0.05, 0) is 65.1 Å². The van der Waals surface area contributed by atoms with Crippen molar-refractivity contribution in [3.05, 3.63) is 111 Å². The van der Waals surface area contributed by atoms with E-state index in [-0.39, 0.29) is 16.7 Å². The van der Waals surface area contributed by atoms with Crippen molar-refractivity contribution in [3.8, 4) is 11.1 Å². The summed E-state index contributed by atoms with van der Waals surface area (Å²) in [4.78, 5) is 24.1. The number of carbonyl (C=O) groups is 1. The van der Waals surface area contributed by atoms with Gasteiger partial charge in [-0.25, -0.2) is 14.3 Å². The Morgan fingerprint density at radius 2 is 1.59 bits per heavy atom. The highest BCUT2D eigenvalue weighted by atomic mass is 16.4. The van der Waals surface area contributed by atoms with E-state index >= 15 is 0 Å². The van der Waals surface area contributed by atoms with Crippen molar-refractivity contribution in [2.45, 2.75) is 65.5 Å².